The van der Waals surface area contributed by atoms with Gasteiger partial charge >= 0.3 is 5.97 Å². The zero-order chi connectivity index (χ0) is 24.2. The van der Waals surface area contributed by atoms with Gasteiger partial charge in [0.05, 0.1) is 36.0 Å². The van der Waals surface area contributed by atoms with Crippen molar-refractivity contribution in [1.82, 2.24) is 14.9 Å². The van der Waals surface area contributed by atoms with Crippen LogP contribution in [0.1, 0.15) is 32.0 Å². The molecule has 2 aromatic heterocycles. The summed E-state index contributed by atoms with van der Waals surface area (Å²) in [5.41, 5.74) is 4.43. The van der Waals surface area contributed by atoms with E-state index >= 15 is 0 Å². The first-order valence-corrected chi connectivity index (χ1v) is 11.2. The van der Waals surface area contributed by atoms with Gasteiger partial charge < -0.3 is 19.0 Å². The SMILES string of the molecule is COC(=O)c1ccc(CNC(=O)c2cccc3ccn(Cc4coc(-c5ccccc5)n4)c23)cc1. The average Bonchev–Trinajstić information content (AvgIpc) is 3.55. The minimum atomic E-state index is -0.393. The molecule has 174 valence electrons. The molecular formula is C28H23N3O4. The second-order valence-corrected chi connectivity index (χ2v) is 8.07. The van der Waals surface area contributed by atoms with Crippen molar-refractivity contribution in [3.05, 3.63) is 114 Å². The Kier molecular flexibility index (Phi) is 6.13. The summed E-state index contributed by atoms with van der Waals surface area (Å²) in [7, 11) is 1.34. The van der Waals surface area contributed by atoms with Crippen molar-refractivity contribution in [2.75, 3.05) is 7.11 Å². The standard InChI is InChI=1S/C28H23N3O4/c1-34-28(33)22-12-10-19(11-13-22)16-29-26(32)24-9-5-8-20-14-15-31(25(20)24)17-23-18-35-27(30-23)21-6-3-2-4-7-21/h2-15,18H,16-17H2,1H3,(H,29,32). The van der Waals surface area contributed by atoms with Gasteiger partial charge in [-0.2, -0.15) is 0 Å². The molecule has 0 aliphatic rings. The number of methoxy groups -OCH3 is 1. The van der Waals surface area contributed by atoms with Gasteiger partial charge in [-0.1, -0.05) is 42.5 Å². The van der Waals surface area contributed by atoms with Crippen LogP contribution >= 0.6 is 0 Å². The van der Waals surface area contributed by atoms with Crippen LogP contribution in [-0.2, 0) is 17.8 Å². The number of nitrogens with one attached hydrogen (secondary N) is 1. The van der Waals surface area contributed by atoms with Gasteiger partial charge in [0.25, 0.3) is 5.91 Å². The largest absolute Gasteiger partial charge is 0.465 e. The molecule has 5 rings (SSSR count). The Hall–Kier alpha value is -4.65. The Labute approximate surface area is 202 Å². The number of hydrogen-bond acceptors (Lipinski definition) is 5. The maximum atomic E-state index is 13.1. The minimum absolute atomic E-state index is 0.183. The van der Waals surface area contributed by atoms with Crippen LogP contribution in [0.15, 0.2) is 95.7 Å². The molecule has 0 spiro atoms. The molecule has 0 fully saturated rings. The van der Waals surface area contributed by atoms with Crippen molar-refractivity contribution >= 4 is 22.8 Å². The lowest BCUT2D eigenvalue weighted by atomic mass is 10.1. The number of hydrogen-bond donors (Lipinski definition) is 1. The van der Waals surface area contributed by atoms with Crippen molar-refractivity contribution in [3.63, 3.8) is 0 Å². The first-order valence-electron chi connectivity index (χ1n) is 11.2. The third-order valence-electron chi connectivity index (χ3n) is 5.77. The van der Waals surface area contributed by atoms with E-state index in [-0.39, 0.29) is 5.91 Å². The van der Waals surface area contributed by atoms with Gasteiger partial charge in [0, 0.05) is 23.7 Å². The number of rotatable bonds is 7. The maximum absolute atomic E-state index is 13.1. The molecule has 0 radical (unpaired) electrons. The molecule has 1 N–H and O–H groups in total. The molecule has 7 nitrogen and oxygen atoms in total. The van der Waals surface area contributed by atoms with E-state index in [0.717, 1.165) is 27.7 Å². The van der Waals surface area contributed by atoms with Crippen LogP contribution in [0.5, 0.6) is 0 Å². The van der Waals surface area contributed by atoms with Gasteiger partial charge in [-0.3, -0.25) is 4.79 Å². The zero-order valence-corrected chi connectivity index (χ0v) is 19.1. The van der Waals surface area contributed by atoms with Crippen molar-refractivity contribution in [2.24, 2.45) is 0 Å². The molecule has 0 aliphatic carbocycles. The van der Waals surface area contributed by atoms with Crippen molar-refractivity contribution in [1.29, 1.82) is 0 Å². The molecule has 0 saturated heterocycles. The number of benzene rings is 3. The summed E-state index contributed by atoms with van der Waals surface area (Å²) in [6.07, 6.45) is 3.60. The molecule has 7 heteroatoms. The van der Waals surface area contributed by atoms with E-state index in [1.165, 1.54) is 7.11 Å². The highest BCUT2D eigenvalue weighted by molar-refractivity contribution is 6.06. The highest BCUT2D eigenvalue weighted by atomic mass is 16.5. The Morgan fingerprint density at radius 1 is 0.971 bits per heavy atom. The quantitative estimate of drug-likeness (QED) is 0.340. The number of carbonyl (C=O) groups excluding carboxylic acids is 2. The fourth-order valence-corrected chi connectivity index (χ4v) is 4.00. The van der Waals surface area contributed by atoms with Crippen LogP contribution < -0.4 is 5.32 Å². The summed E-state index contributed by atoms with van der Waals surface area (Å²) >= 11 is 0. The predicted octanol–water partition coefficient (Wildman–Crippen LogP) is 5.06. The summed E-state index contributed by atoms with van der Waals surface area (Å²) in [4.78, 5) is 29.3. The van der Waals surface area contributed by atoms with Gasteiger partial charge in [-0.05, 0) is 42.0 Å². The van der Waals surface area contributed by atoms with E-state index in [1.54, 1.807) is 30.5 Å². The number of carbonyl (C=O) groups is 2. The summed E-state index contributed by atoms with van der Waals surface area (Å²) in [5.74, 6) is -0.0120. The fraction of sp³-hybridized carbons (Fsp3) is 0.107. The second kappa shape index (κ2) is 9.69. The number of esters is 1. The number of ether oxygens (including phenoxy) is 1. The average molecular weight is 466 g/mol. The Balaban J connectivity index is 1.34. The molecular weight excluding hydrogens is 442 g/mol. The molecule has 5 aromatic rings. The molecule has 0 unspecified atom stereocenters. The molecule has 1 amide bonds. The lowest BCUT2D eigenvalue weighted by Gasteiger charge is -2.10. The van der Waals surface area contributed by atoms with Gasteiger partial charge in [-0.15, -0.1) is 0 Å². The monoisotopic (exact) mass is 465 g/mol. The number of amides is 1. The normalized spacial score (nSPS) is 10.9. The molecule has 0 bridgehead atoms. The van der Waals surface area contributed by atoms with Gasteiger partial charge in [0.1, 0.15) is 6.26 Å². The summed E-state index contributed by atoms with van der Waals surface area (Å²) in [6, 6.07) is 24.3. The number of fused-ring (bicyclic) bond motifs is 1. The third-order valence-corrected chi connectivity index (χ3v) is 5.77. The number of oxazole rings is 1. The summed E-state index contributed by atoms with van der Waals surface area (Å²) < 4.78 is 12.4. The summed E-state index contributed by atoms with van der Waals surface area (Å²) in [6.45, 7) is 0.806. The topological polar surface area (TPSA) is 86.4 Å². The van der Waals surface area contributed by atoms with Crippen LogP contribution in [0.4, 0.5) is 0 Å². The minimum Gasteiger partial charge on any atom is -0.465 e. The van der Waals surface area contributed by atoms with E-state index in [2.05, 4.69) is 10.3 Å². The predicted molar refractivity (Wildman–Crippen MR) is 132 cm³/mol. The Morgan fingerprint density at radius 2 is 1.77 bits per heavy atom. The van der Waals surface area contributed by atoms with Crippen LogP contribution in [0.2, 0.25) is 0 Å². The maximum Gasteiger partial charge on any atom is 0.337 e. The van der Waals surface area contributed by atoms with Gasteiger partial charge in [0.15, 0.2) is 0 Å². The smallest absolute Gasteiger partial charge is 0.337 e. The van der Waals surface area contributed by atoms with Gasteiger partial charge in [0.2, 0.25) is 5.89 Å². The van der Waals surface area contributed by atoms with E-state index in [9.17, 15) is 9.59 Å². The van der Waals surface area contributed by atoms with Crippen LogP contribution in [0, 0.1) is 0 Å². The molecule has 2 heterocycles. The summed E-state index contributed by atoms with van der Waals surface area (Å²) in [5, 5.41) is 3.94. The van der Waals surface area contributed by atoms with Crippen LogP contribution in [0.25, 0.3) is 22.4 Å². The third kappa shape index (κ3) is 4.70. The first-order chi connectivity index (χ1) is 17.1. The number of aromatic nitrogens is 2. The van der Waals surface area contributed by atoms with E-state index in [4.69, 9.17) is 9.15 Å². The fourth-order valence-electron chi connectivity index (χ4n) is 4.00. The number of para-hydroxylation sites is 1. The van der Waals surface area contributed by atoms with Crippen LogP contribution in [0.3, 0.4) is 0 Å². The molecule has 0 atom stereocenters. The molecule has 0 aliphatic heterocycles. The van der Waals surface area contributed by atoms with E-state index in [1.807, 2.05) is 65.4 Å². The number of nitrogens with zero attached hydrogens (tertiary/aromatic N) is 2. The molecule has 3 aromatic carbocycles. The molecule has 35 heavy (non-hydrogen) atoms. The van der Waals surface area contributed by atoms with Gasteiger partial charge in [-0.25, -0.2) is 9.78 Å². The first kappa shape index (κ1) is 22.2. The Morgan fingerprint density at radius 3 is 2.54 bits per heavy atom. The Bertz CT molecular complexity index is 1480. The van der Waals surface area contributed by atoms with Crippen LogP contribution in [-0.4, -0.2) is 28.5 Å². The lowest BCUT2D eigenvalue weighted by molar-refractivity contribution is 0.0600. The van der Waals surface area contributed by atoms with E-state index in [0.29, 0.717) is 30.1 Å². The van der Waals surface area contributed by atoms with Crippen molar-refractivity contribution < 1.29 is 18.7 Å². The highest BCUT2D eigenvalue weighted by Crippen LogP contribution is 2.23. The zero-order valence-electron chi connectivity index (χ0n) is 19.1. The highest BCUT2D eigenvalue weighted by Gasteiger charge is 2.15. The molecule has 0 saturated carbocycles. The van der Waals surface area contributed by atoms with E-state index < -0.39 is 5.97 Å². The van der Waals surface area contributed by atoms with Crippen molar-refractivity contribution in [2.45, 2.75) is 13.1 Å². The second-order valence-electron chi connectivity index (χ2n) is 8.07. The lowest BCUT2D eigenvalue weighted by Crippen LogP contribution is -2.23. The van der Waals surface area contributed by atoms with Crippen molar-refractivity contribution in [3.8, 4) is 11.5 Å².